The molecule has 0 amide bonds. The van der Waals surface area contributed by atoms with Crippen LogP contribution in [-0.2, 0) is 16.2 Å². The maximum absolute atomic E-state index is 12.9. The molecule has 0 bridgehead atoms. The van der Waals surface area contributed by atoms with Gasteiger partial charge < -0.3 is 14.2 Å². The van der Waals surface area contributed by atoms with Gasteiger partial charge in [0.25, 0.3) is 6.29 Å². The van der Waals surface area contributed by atoms with Gasteiger partial charge in [-0.25, -0.2) is 4.39 Å². The number of benzene rings is 3. The molecule has 5 nitrogen and oxygen atoms in total. The highest BCUT2D eigenvalue weighted by molar-refractivity contribution is 5.97. The van der Waals surface area contributed by atoms with E-state index in [1.807, 2.05) is 30.3 Å². The van der Waals surface area contributed by atoms with Gasteiger partial charge in [0.05, 0.1) is 0 Å². The van der Waals surface area contributed by atoms with E-state index in [1.54, 1.807) is 30.6 Å². The molecule has 3 aromatic rings. The average Bonchev–Trinajstić information content (AvgIpc) is 2.77. The predicted octanol–water partition coefficient (Wildman–Crippen LogP) is 3.91. The maximum Gasteiger partial charge on any atom is 0.251 e. The van der Waals surface area contributed by atoms with Crippen molar-refractivity contribution in [2.45, 2.75) is 12.7 Å². The molecular formula is C23H18FO5. The highest BCUT2D eigenvalue weighted by Gasteiger charge is 2.21. The highest BCUT2D eigenvalue weighted by Crippen LogP contribution is 2.20. The van der Waals surface area contributed by atoms with Gasteiger partial charge in [0.15, 0.2) is 6.61 Å². The van der Waals surface area contributed by atoms with E-state index in [-0.39, 0.29) is 0 Å². The molecule has 1 unspecified atom stereocenters. The van der Waals surface area contributed by atoms with Crippen LogP contribution in [0.4, 0.5) is 4.39 Å². The minimum atomic E-state index is -1.42. The van der Waals surface area contributed by atoms with Crippen LogP contribution < -0.4 is 14.2 Å². The lowest BCUT2D eigenvalue weighted by molar-refractivity contribution is -0.125. The zero-order valence-corrected chi connectivity index (χ0v) is 15.4. The van der Waals surface area contributed by atoms with Crippen molar-refractivity contribution < 1.29 is 28.2 Å². The SMILES string of the molecule is O=[C]C(Oc1ccc(OCc2ccccc2)cc1)C(=O)COc1ccc(F)cc1. The Kier molecular flexibility index (Phi) is 6.95. The Hall–Kier alpha value is -3.67. The number of hydrogen-bond acceptors (Lipinski definition) is 5. The van der Waals surface area contributed by atoms with Gasteiger partial charge in [-0.05, 0) is 54.1 Å². The van der Waals surface area contributed by atoms with Crippen molar-refractivity contribution in [1.29, 1.82) is 0 Å². The van der Waals surface area contributed by atoms with E-state index in [1.165, 1.54) is 24.3 Å². The molecule has 0 aromatic heterocycles. The Labute approximate surface area is 167 Å². The van der Waals surface area contributed by atoms with Crippen LogP contribution in [0, 0.1) is 5.82 Å². The van der Waals surface area contributed by atoms with Crippen molar-refractivity contribution in [3.05, 3.63) is 90.2 Å². The Balaban J connectivity index is 1.50. The fraction of sp³-hybridized carbons (Fsp3) is 0.130. The number of halogens is 1. The number of carbonyl (C=O) groups excluding carboxylic acids is 2. The molecule has 0 spiro atoms. The van der Waals surface area contributed by atoms with E-state index in [2.05, 4.69) is 0 Å². The predicted molar refractivity (Wildman–Crippen MR) is 104 cm³/mol. The average molecular weight is 393 g/mol. The summed E-state index contributed by atoms with van der Waals surface area (Å²) in [6.45, 7) is 0.0226. The lowest BCUT2D eigenvalue weighted by Gasteiger charge is -2.13. The second-order valence-corrected chi connectivity index (χ2v) is 6.07. The summed E-state index contributed by atoms with van der Waals surface area (Å²) in [5.41, 5.74) is 1.04. The van der Waals surface area contributed by atoms with Crippen molar-refractivity contribution in [3.63, 3.8) is 0 Å². The standard InChI is InChI=1S/C23H18FO5/c24-18-6-8-19(9-7-18)28-16-22(26)23(14-25)29-21-12-10-20(11-13-21)27-15-17-4-2-1-3-5-17/h1-13,23H,15-16H2. The summed E-state index contributed by atoms with van der Waals surface area (Å²) in [6, 6.07) is 21.5. The fourth-order valence-corrected chi connectivity index (χ4v) is 2.41. The van der Waals surface area contributed by atoms with Crippen LogP contribution in [0.15, 0.2) is 78.9 Å². The first kappa shape index (κ1) is 20.1. The van der Waals surface area contributed by atoms with Crippen LogP contribution in [0.1, 0.15) is 5.56 Å². The quantitative estimate of drug-likeness (QED) is 0.489. The summed E-state index contributed by atoms with van der Waals surface area (Å²) < 4.78 is 29.2. The number of Topliss-reactive ketones (excluding diaryl/α,β-unsaturated/α-hetero) is 1. The topological polar surface area (TPSA) is 61.8 Å². The van der Waals surface area contributed by atoms with Crippen molar-refractivity contribution in [2.24, 2.45) is 0 Å². The summed E-state index contributed by atoms with van der Waals surface area (Å²) >= 11 is 0. The van der Waals surface area contributed by atoms with Crippen molar-refractivity contribution in [2.75, 3.05) is 6.61 Å². The number of rotatable bonds is 10. The summed E-state index contributed by atoms with van der Waals surface area (Å²) in [5.74, 6) is 0.236. The third-order valence-electron chi connectivity index (χ3n) is 3.92. The van der Waals surface area contributed by atoms with E-state index in [9.17, 15) is 14.0 Å². The molecule has 0 aliphatic rings. The van der Waals surface area contributed by atoms with Gasteiger partial charge in [-0.1, -0.05) is 30.3 Å². The van der Waals surface area contributed by atoms with E-state index >= 15 is 0 Å². The van der Waals surface area contributed by atoms with Crippen LogP contribution in [0.25, 0.3) is 0 Å². The van der Waals surface area contributed by atoms with Crippen molar-refractivity contribution in [1.82, 2.24) is 0 Å². The van der Waals surface area contributed by atoms with Gasteiger partial charge in [0.2, 0.25) is 11.9 Å². The molecule has 1 radical (unpaired) electrons. The fourth-order valence-electron chi connectivity index (χ4n) is 2.41. The Morgan fingerprint density at radius 3 is 2.07 bits per heavy atom. The maximum atomic E-state index is 12.9. The third-order valence-corrected chi connectivity index (χ3v) is 3.92. The lowest BCUT2D eigenvalue weighted by atomic mass is 10.2. The Morgan fingerprint density at radius 1 is 0.828 bits per heavy atom. The van der Waals surface area contributed by atoms with Gasteiger partial charge in [-0.2, -0.15) is 0 Å². The number of carbonyl (C=O) groups is 1. The minimum absolute atomic E-state index is 0.310. The van der Waals surface area contributed by atoms with E-state index in [0.29, 0.717) is 23.9 Å². The largest absolute Gasteiger partial charge is 0.489 e. The van der Waals surface area contributed by atoms with Crippen LogP contribution >= 0.6 is 0 Å². The molecule has 0 saturated heterocycles. The highest BCUT2D eigenvalue weighted by atomic mass is 19.1. The Bertz CT molecular complexity index is 924. The smallest absolute Gasteiger partial charge is 0.251 e. The van der Waals surface area contributed by atoms with Gasteiger partial charge in [0.1, 0.15) is 29.7 Å². The van der Waals surface area contributed by atoms with E-state index in [0.717, 1.165) is 5.56 Å². The Morgan fingerprint density at radius 2 is 1.41 bits per heavy atom. The van der Waals surface area contributed by atoms with E-state index < -0.39 is 24.3 Å². The molecule has 0 fully saturated rings. The van der Waals surface area contributed by atoms with E-state index in [4.69, 9.17) is 14.2 Å². The molecule has 0 saturated carbocycles. The molecule has 3 rings (SSSR count). The van der Waals surface area contributed by atoms with Gasteiger partial charge >= 0.3 is 0 Å². The molecule has 147 valence electrons. The van der Waals surface area contributed by atoms with Crippen molar-refractivity contribution >= 4 is 12.1 Å². The molecule has 0 heterocycles. The summed E-state index contributed by atoms with van der Waals surface area (Å²) in [5, 5.41) is 0. The van der Waals surface area contributed by atoms with Crippen LogP contribution in [-0.4, -0.2) is 24.8 Å². The monoisotopic (exact) mass is 393 g/mol. The zero-order valence-electron chi connectivity index (χ0n) is 15.4. The minimum Gasteiger partial charge on any atom is -0.489 e. The summed E-state index contributed by atoms with van der Waals surface area (Å²) in [6.07, 6.45) is 0.139. The second-order valence-electron chi connectivity index (χ2n) is 6.07. The summed E-state index contributed by atoms with van der Waals surface area (Å²) in [7, 11) is 0. The molecule has 1 atom stereocenters. The lowest BCUT2D eigenvalue weighted by Crippen LogP contribution is -2.33. The second kappa shape index (κ2) is 10.0. The first-order valence-corrected chi connectivity index (χ1v) is 8.86. The third kappa shape index (κ3) is 6.17. The van der Waals surface area contributed by atoms with Crippen LogP contribution in [0.5, 0.6) is 17.2 Å². The zero-order chi connectivity index (χ0) is 20.5. The van der Waals surface area contributed by atoms with Crippen LogP contribution in [0.3, 0.4) is 0 Å². The first-order chi connectivity index (χ1) is 14.1. The molecule has 0 aliphatic heterocycles. The van der Waals surface area contributed by atoms with Crippen molar-refractivity contribution in [3.8, 4) is 17.2 Å². The molecule has 0 aliphatic carbocycles. The molecule has 3 aromatic carbocycles. The number of ether oxygens (including phenoxy) is 3. The molecule has 0 N–H and O–H groups in total. The summed E-state index contributed by atoms with van der Waals surface area (Å²) in [4.78, 5) is 23.3. The molecule has 6 heteroatoms. The number of hydrogen-bond donors (Lipinski definition) is 0. The molecular weight excluding hydrogens is 375 g/mol. The first-order valence-electron chi connectivity index (χ1n) is 8.86. The van der Waals surface area contributed by atoms with Gasteiger partial charge in [-0.3, -0.25) is 9.59 Å². The normalized spacial score (nSPS) is 11.3. The van der Waals surface area contributed by atoms with Gasteiger partial charge in [-0.15, -0.1) is 0 Å². The van der Waals surface area contributed by atoms with Gasteiger partial charge in [0, 0.05) is 0 Å². The van der Waals surface area contributed by atoms with Crippen LogP contribution in [0.2, 0.25) is 0 Å². The number of ketones is 1. The molecule has 29 heavy (non-hydrogen) atoms.